The second kappa shape index (κ2) is 10.0. The van der Waals surface area contributed by atoms with E-state index in [0.717, 1.165) is 5.56 Å². The molecule has 2 aromatic carbocycles. The van der Waals surface area contributed by atoms with Crippen LogP contribution in [0.4, 0.5) is 0 Å². The summed E-state index contributed by atoms with van der Waals surface area (Å²) < 4.78 is 11.0. The van der Waals surface area contributed by atoms with Crippen molar-refractivity contribution >= 4 is 41.0 Å². The lowest BCUT2D eigenvalue weighted by Gasteiger charge is -2.10. The molecule has 1 aromatic heterocycles. The Morgan fingerprint density at radius 2 is 2.00 bits per heavy atom. The van der Waals surface area contributed by atoms with Gasteiger partial charge in [-0.3, -0.25) is 4.79 Å². The standard InChI is InChI=1S/C22H19ClN2O4S/c1-3-28-19-12-15(7-9-18(19)29-22(27)20-5-4-10-30-20)13-24-25-21(26)16-8-6-14(2)11-17(16)23/h4-13H,3H2,1-2H3,(H,25,26)/b24-13-. The zero-order chi connectivity index (χ0) is 21.5. The monoisotopic (exact) mass is 442 g/mol. The molecule has 3 rings (SSSR count). The molecule has 0 saturated heterocycles. The summed E-state index contributed by atoms with van der Waals surface area (Å²) in [6.45, 7) is 4.12. The molecule has 0 unspecified atom stereocenters. The summed E-state index contributed by atoms with van der Waals surface area (Å²) in [6, 6.07) is 13.6. The molecule has 154 valence electrons. The number of nitrogens with zero attached hydrogens (tertiary/aromatic N) is 1. The minimum absolute atomic E-state index is 0.308. The van der Waals surface area contributed by atoms with Gasteiger partial charge in [0.15, 0.2) is 11.5 Å². The molecule has 1 N–H and O–H groups in total. The molecule has 1 heterocycles. The van der Waals surface area contributed by atoms with Crippen LogP contribution in [0.15, 0.2) is 59.0 Å². The number of esters is 1. The highest BCUT2D eigenvalue weighted by Crippen LogP contribution is 2.29. The van der Waals surface area contributed by atoms with Crippen molar-refractivity contribution in [3.8, 4) is 11.5 Å². The molecule has 0 saturated carbocycles. The molecule has 0 aliphatic rings. The molecule has 0 atom stereocenters. The van der Waals surface area contributed by atoms with Gasteiger partial charge in [-0.2, -0.15) is 5.10 Å². The highest BCUT2D eigenvalue weighted by atomic mass is 35.5. The normalized spacial score (nSPS) is 10.8. The smallest absolute Gasteiger partial charge is 0.353 e. The highest BCUT2D eigenvalue weighted by Gasteiger charge is 2.14. The lowest BCUT2D eigenvalue weighted by molar-refractivity contribution is 0.0733. The zero-order valence-electron chi connectivity index (χ0n) is 16.3. The fourth-order valence-electron chi connectivity index (χ4n) is 2.53. The summed E-state index contributed by atoms with van der Waals surface area (Å²) in [4.78, 5) is 24.9. The number of hydrogen-bond acceptors (Lipinski definition) is 6. The third-order valence-corrected chi connectivity index (χ3v) is 5.10. The van der Waals surface area contributed by atoms with E-state index in [1.54, 1.807) is 53.9 Å². The predicted octanol–water partition coefficient (Wildman–Crippen LogP) is 5.09. The van der Waals surface area contributed by atoms with Gasteiger partial charge in [-0.05, 0) is 66.8 Å². The first-order valence-electron chi connectivity index (χ1n) is 9.10. The van der Waals surface area contributed by atoms with E-state index < -0.39 is 11.9 Å². The summed E-state index contributed by atoms with van der Waals surface area (Å²) in [5.41, 5.74) is 4.40. The Hall–Kier alpha value is -3.16. The lowest BCUT2D eigenvalue weighted by Crippen LogP contribution is -2.18. The summed E-state index contributed by atoms with van der Waals surface area (Å²) >= 11 is 7.40. The molecule has 3 aromatic rings. The molecule has 0 spiro atoms. The van der Waals surface area contributed by atoms with E-state index in [0.29, 0.717) is 39.1 Å². The Bertz CT molecular complexity index is 1080. The third kappa shape index (κ3) is 5.46. The van der Waals surface area contributed by atoms with Gasteiger partial charge in [-0.15, -0.1) is 11.3 Å². The van der Waals surface area contributed by atoms with Crippen molar-refractivity contribution < 1.29 is 19.1 Å². The number of benzene rings is 2. The zero-order valence-corrected chi connectivity index (χ0v) is 17.9. The largest absolute Gasteiger partial charge is 0.490 e. The van der Waals surface area contributed by atoms with Crippen molar-refractivity contribution in [3.05, 3.63) is 80.5 Å². The van der Waals surface area contributed by atoms with Gasteiger partial charge in [-0.1, -0.05) is 23.7 Å². The van der Waals surface area contributed by atoms with E-state index in [-0.39, 0.29) is 0 Å². The number of halogens is 1. The highest BCUT2D eigenvalue weighted by molar-refractivity contribution is 7.12. The van der Waals surface area contributed by atoms with Crippen LogP contribution in [0.2, 0.25) is 5.02 Å². The van der Waals surface area contributed by atoms with Gasteiger partial charge in [0.1, 0.15) is 4.88 Å². The summed E-state index contributed by atoms with van der Waals surface area (Å²) in [7, 11) is 0. The van der Waals surface area contributed by atoms with Crippen LogP contribution in [0.5, 0.6) is 11.5 Å². The molecule has 0 bridgehead atoms. The van der Waals surface area contributed by atoms with Gasteiger partial charge in [0.2, 0.25) is 0 Å². The molecule has 0 aliphatic carbocycles. The Kier molecular flexibility index (Phi) is 7.21. The van der Waals surface area contributed by atoms with Gasteiger partial charge in [0.25, 0.3) is 5.91 Å². The topological polar surface area (TPSA) is 77.0 Å². The maximum atomic E-state index is 12.2. The van der Waals surface area contributed by atoms with Crippen LogP contribution in [0.3, 0.4) is 0 Å². The second-order valence-corrected chi connectivity index (χ2v) is 7.54. The minimum atomic E-state index is -0.449. The first-order chi connectivity index (χ1) is 14.5. The summed E-state index contributed by atoms with van der Waals surface area (Å²) in [5, 5.41) is 6.13. The van der Waals surface area contributed by atoms with Crippen LogP contribution in [-0.2, 0) is 0 Å². The van der Waals surface area contributed by atoms with E-state index in [9.17, 15) is 9.59 Å². The number of carbonyl (C=O) groups excluding carboxylic acids is 2. The molecule has 0 radical (unpaired) electrons. The minimum Gasteiger partial charge on any atom is -0.490 e. The van der Waals surface area contributed by atoms with Gasteiger partial charge >= 0.3 is 5.97 Å². The maximum Gasteiger partial charge on any atom is 0.353 e. The van der Waals surface area contributed by atoms with Crippen molar-refractivity contribution in [2.45, 2.75) is 13.8 Å². The van der Waals surface area contributed by atoms with Gasteiger partial charge in [-0.25, -0.2) is 10.2 Å². The average Bonchev–Trinajstić information content (AvgIpc) is 3.25. The van der Waals surface area contributed by atoms with Crippen molar-refractivity contribution in [3.63, 3.8) is 0 Å². The SMILES string of the molecule is CCOc1cc(/C=N\NC(=O)c2ccc(C)cc2Cl)ccc1OC(=O)c1cccs1. The quantitative estimate of drug-likeness (QED) is 0.239. The number of hydrazone groups is 1. The second-order valence-electron chi connectivity index (χ2n) is 6.19. The van der Waals surface area contributed by atoms with Crippen molar-refractivity contribution in [2.24, 2.45) is 5.10 Å². The van der Waals surface area contributed by atoms with Crippen molar-refractivity contribution in [1.29, 1.82) is 0 Å². The number of carbonyl (C=O) groups is 2. The van der Waals surface area contributed by atoms with E-state index in [4.69, 9.17) is 21.1 Å². The molecule has 30 heavy (non-hydrogen) atoms. The first kappa shape index (κ1) is 21.5. The molecule has 0 fully saturated rings. The van der Waals surface area contributed by atoms with Gasteiger partial charge in [0, 0.05) is 0 Å². The number of nitrogens with one attached hydrogen (secondary N) is 1. The Labute approximate surface area is 183 Å². The number of hydrogen-bond donors (Lipinski definition) is 1. The first-order valence-corrected chi connectivity index (χ1v) is 10.4. The Morgan fingerprint density at radius 1 is 1.17 bits per heavy atom. The number of ether oxygens (including phenoxy) is 2. The van der Waals surface area contributed by atoms with Crippen LogP contribution < -0.4 is 14.9 Å². The molecule has 8 heteroatoms. The Balaban J connectivity index is 1.70. The van der Waals surface area contributed by atoms with Gasteiger partial charge in [0.05, 0.1) is 23.4 Å². The third-order valence-electron chi connectivity index (χ3n) is 3.94. The van der Waals surface area contributed by atoms with Crippen LogP contribution in [0.1, 0.15) is 38.1 Å². The predicted molar refractivity (Wildman–Crippen MR) is 118 cm³/mol. The number of rotatable bonds is 7. The fourth-order valence-corrected chi connectivity index (χ4v) is 3.45. The fraction of sp³-hybridized carbons (Fsp3) is 0.136. The molecular weight excluding hydrogens is 424 g/mol. The molecule has 6 nitrogen and oxygen atoms in total. The van der Waals surface area contributed by atoms with E-state index in [1.807, 2.05) is 13.8 Å². The van der Waals surface area contributed by atoms with Crippen LogP contribution in [0, 0.1) is 6.92 Å². The summed E-state index contributed by atoms with van der Waals surface area (Å²) in [5.74, 6) is -0.153. The molecule has 0 aliphatic heterocycles. The average molecular weight is 443 g/mol. The molecule has 1 amide bonds. The van der Waals surface area contributed by atoms with Gasteiger partial charge < -0.3 is 9.47 Å². The molecular formula is C22H19ClN2O4S. The maximum absolute atomic E-state index is 12.2. The van der Waals surface area contributed by atoms with Crippen LogP contribution in [-0.4, -0.2) is 24.7 Å². The van der Waals surface area contributed by atoms with E-state index >= 15 is 0 Å². The number of thiophene rings is 1. The Morgan fingerprint density at radius 3 is 2.70 bits per heavy atom. The van der Waals surface area contributed by atoms with E-state index in [1.165, 1.54) is 17.6 Å². The van der Waals surface area contributed by atoms with Crippen molar-refractivity contribution in [1.82, 2.24) is 5.43 Å². The number of amides is 1. The summed E-state index contributed by atoms with van der Waals surface area (Å²) in [6.07, 6.45) is 1.47. The lowest BCUT2D eigenvalue weighted by atomic mass is 10.1. The van der Waals surface area contributed by atoms with Crippen molar-refractivity contribution in [2.75, 3.05) is 6.61 Å². The van der Waals surface area contributed by atoms with E-state index in [2.05, 4.69) is 10.5 Å². The van der Waals surface area contributed by atoms with Crippen LogP contribution >= 0.6 is 22.9 Å². The number of aryl methyl sites for hydroxylation is 1. The van der Waals surface area contributed by atoms with Crippen LogP contribution in [0.25, 0.3) is 0 Å².